The minimum absolute atomic E-state index is 0.221. The van der Waals surface area contributed by atoms with E-state index in [1.54, 1.807) is 19.2 Å². The van der Waals surface area contributed by atoms with E-state index in [4.69, 9.17) is 14.2 Å². The fourth-order valence-corrected chi connectivity index (χ4v) is 3.56. The van der Waals surface area contributed by atoms with E-state index in [9.17, 15) is 4.79 Å². The zero-order chi connectivity index (χ0) is 21.5. The largest absolute Gasteiger partial charge is 0.493 e. The predicted molar refractivity (Wildman–Crippen MR) is 127 cm³/mol. The lowest BCUT2D eigenvalue weighted by molar-refractivity contribution is 0.102. The van der Waals surface area contributed by atoms with E-state index < -0.39 is 0 Å². The molecule has 1 amide bonds. The van der Waals surface area contributed by atoms with Gasteiger partial charge in [-0.1, -0.05) is 25.1 Å². The maximum absolute atomic E-state index is 12.7. The highest BCUT2D eigenvalue weighted by Crippen LogP contribution is 2.34. The number of aryl methyl sites for hydroxylation is 1. The van der Waals surface area contributed by atoms with Crippen LogP contribution in [-0.4, -0.2) is 19.6 Å². The summed E-state index contributed by atoms with van der Waals surface area (Å²) >= 11 is 2.15. The molecule has 0 unspecified atom stereocenters. The third-order valence-corrected chi connectivity index (χ3v) is 5.18. The molecule has 1 N–H and O–H groups in total. The van der Waals surface area contributed by atoms with E-state index in [1.165, 1.54) is 0 Å². The van der Waals surface area contributed by atoms with Gasteiger partial charge in [-0.05, 0) is 84.0 Å². The van der Waals surface area contributed by atoms with E-state index in [1.807, 2.05) is 62.4 Å². The van der Waals surface area contributed by atoms with Crippen LogP contribution in [0.1, 0.15) is 29.3 Å². The smallest absolute Gasteiger partial charge is 0.255 e. The number of rotatable bonds is 8. The van der Waals surface area contributed by atoms with Crippen LogP contribution >= 0.6 is 22.6 Å². The highest BCUT2D eigenvalue weighted by Gasteiger charge is 2.16. The molecule has 0 saturated carbocycles. The Morgan fingerprint density at radius 1 is 1.03 bits per heavy atom. The summed E-state index contributed by atoms with van der Waals surface area (Å²) in [7, 11) is 1.57. The van der Waals surface area contributed by atoms with Crippen LogP contribution in [-0.2, 0) is 0 Å². The summed E-state index contributed by atoms with van der Waals surface area (Å²) in [6.45, 7) is 4.63. The Morgan fingerprint density at radius 3 is 2.43 bits per heavy atom. The molecular formula is C24H24INO4. The second-order valence-corrected chi connectivity index (χ2v) is 7.85. The molecule has 6 heteroatoms. The zero-order valence-corrected chi connectivity index (χ0v) is 19.4. The quantitative estimate of drug-likeness (QED) is 0.350. The number of para-hydroxylation sites is 1. The average molecular weight is 517 g/mol. The Hall–Kier alpha value is -2.74. The SMILES string of the molecule is CCCOc1c(I)cc(C(=O)Nc2ccc(Oc3ccccc3C)cc2)cc1OC. The Kier molecular flexibility index (Phi) is 7.57. The minimum Gasteiger partial charge on any atom is -0.493 e. The first kappa shape index (κ1) is 22.0. The fraction of sp³-hybridized carbons (Fsp3) is 0.208. The van der Waals surface area contributed by atoms with Gasteiger partial charge in [-0.2, -0.15) is 0 Å². The third kappa shape index (κ3) is 5.44. The van der Waals surface area contributed by atoms with Gasteiger partial charge in [-0.3, -0.25) is 4.79 Å². The van der Waals surface area contributed by atoms with Gasteiger partial charge in [0.15, 0.2) is 11.5 Å². The van der Waals surface area contributed by atoms with E-state index in [0.29, 0.717) is 35.1 Å². The molecule has 0 aliphatic heterocycles. The average Bonchev–Trinajstić information content (AvgIpc) is 2.75. The summed E-state index contributed by atoms with van der Waals surface area (Å²) < 4.78 is 17.9. The lowest BCUT2D eigenvalue weighted by atomic mass is 10.1. The number of methoxy groups -OCH3 is 1. The molecule has 0 aliphatic rings. The van der Waals surface area contributed by atoms with E-state index >= 15 is 0 Å². The van der Waals surface area contributed by atoms with Gasteiger partial charge in [0.1, 0.15) is 11.5 Å². The van der Waals surface area contributed by atoms with Gasteiger partial charge < -0.3 is 19.5 Å². The number of benzene rings is 3. The molecule has 0 saturated heterocycles. The van der Waals surface area contributed by atoms with Crippen molar-refractivity contribution in [2.45, 2.75) is 20.3 Å². The van der Waals surface area contributed by atoms with Crippen molar-refractivity contribution in [3.63, 3.8) is 0 Å². The molecule has 3 rings (SSSR count). The van der Waals surface area contributed by atoms with Crippen LogP contribution in [0.3, 0.4) is 0 Å². The number of hydrogen-bond acceptors (Lipinski definition) is 4. The Balaban J connectivity index is 1.71. The van der Waals surface area contributed by atoms with Crippen LogP contribution in [0.25, 0.3) is 0 Å². The minimum atomic E-state index is -0.221. The zero-order valence-electron chi connectivity index (χ0n) is 17.2. The van der Waals surface area contributed by atoms with Crippen LogP contribution in [0, 0.1) is 10.5 Å². The number of anilines is 1. The van der Waals surface area contributed by atoms with Gasteiger partial charge in [-0.15, -0.1) is 0 Å². The molecule has 3 aromatic rings. The van der Waals surface area contributed by atoms with Crippen LogP contribution in [0.4, 0.5) is 5.69 Å². The van der Waals surface area contributed by atoms with Crippen molar-refractivity contribution in [2.24, 2.45) is 0 Å². The van der Waals surface area contributed by atoms with Gasteiger partial charge in [0.25, 0.3) is 5.91 Å². The number of halogens is 1. The van der Waals surface area contributed by atoms with Gasteiger partial charge in [-0.25, -0.2) is 0 Å². The van der Waals surface area contributed by atoms with Crippen molar-refractivity contribution in [1.29, 1.82) is 0 Å². The van der Waals surface area contributed by atoms with Gasteiger partial charge in [0.2, 0.25) is 0 Å². The second kappa shape index (κ2) is 10.3. The highest BCUT2D eigenvalue weighted by molar-refractivity contribution is 14.1. The first-order chi connectivity index (χ1) is 14.5. The summed E-state index contributed by atoms with van der Waals surface area (Å²) in [5, 5.41) is 2.91. The standard InChI is InChI=1S/C24H24INO4/c1-4-13-29-23-20(25)14-17(15-22(23)28-3)24(27)26-18-9-11-19(12-10-18)30-21-8-6-5-7-16(21)2/h5-12,14-15H,4,13H2,1-3H3,(H,26,27). The van der Waals surface area contributed by atoms with Crippen molar-refractivity contribution < 1.29 is 19.0 Å². The number of amides is 1. The number of carbonyl (C=O) groups excluding carboxylic acids is 1. The van der Waals surface area contributed by atoms with Crippen LogP contribution in [0.2, 0.25) is 0 Å². The molecule has 5 nitrogen and oxygen atoms in total. The molecule has 0 spiro atoms. The van der Waals surface area contributed by atoms with Gasteiger partial charge >= 0.3 is 0 Å². The molecule has 0 aromatic heterocycles. The monoisotopic (exact) mass is 517 g/mol. The third-order valence-electron chi connectivity index (χ3n) is 4.38. The number of hydrogen-bond donors (Lipinski definition) is 1. The van der Waals surface area contributed by atoms with Gasteiger partial charge in [0.05, 0.1) is 17.3 Å². The van der Waals surface area contributed by atoms with E-state index in [0.717, 1.165) is 21.3 Å². The number of carbonyl (C=O) groups is 1. The summed E-state index contributed by atoms with van der Waals surface area (Å²) in [6, 6.07) is 18.6. The molecule has 0 bridgehead atoms. The van der Waals surface area contributed by atoms with Crippen molar-refractivity contribution in [3.8, 4) is 23.0 Å². The maximum atomic E-state index is 12.7. The van der Waals surface area contributed by atoms with Crippen molar-refractivity contribution >= 4 is 34.2 Å². The predicted octanol–water partition coefficient (Wildman–Crippen LogP) is 6.44. The molecule has 156 valence electrons. The maximum Gasteiger partial charge on any atom is 0.255 e. The second-order valence-electron chi connectivity index (χ2n) is 6.68. The lowest BCUT2D eigenvalue weighted by Crippen LogP contribution is -2.13. The number of ether oxygens (including phenoxy) is 3. The Labute approximate surface area is 190 Å². The molecule has 0 heterocycles. The highest BCUT2D eigenvalue weighted by atomic mass is 127. The lowest BCUT2D eigenvalue weighted by Gasteiger charge is -2.14. The van der Waals surface area contributed by atoms with Crippen molar-refractivity contribution in [1.82, 2.24) is 0 Å². The summed E-state index contributed by atoms with van der Waals surface area (Å²) in [4.78, 5) is 12.7. The molecule has 0 aliphatic carbocycles. The van der Waals surface area contributed by atoms with Crippen molar-refractivity contribution in [3.05, 3.63) is 75.4 Å². The first-order valence-corrected chi connectivity index (χ1v) is 10.7. The van der Waals surface area contributed by atoms with Crippen molar-refractivity contribution in [2.75, 3.05) is 19.0 Å². The molecule has 0 atom stereocenters. The van der Waals surface area contributed by atoms with Crippen LogP contribution < -0.4 is 19.5 Å². The van der Waals surface area contributed by atoms with Gasteiger partial charge in [0, 0.05) is 11.3 Å². The van der Waals surface area contributed by atoms with E-state index in [-0.39, 0.29) is 5.91 Å². The topological polar surface area (TPSA) is 56.8 Å². The summed E-state index contributed by atoms with van der Waals surface area (Å²) in [6.07, 6.45) is 0.894. The first-order valence-electron chi connectivity index (χ1n) is 9.67. The summed E-state index contributed by atoms with van der Waals surface area (Å²) in [5.41, 5.74) is 2.24. The number of nitrogens with one attached hydrogen (secondary N) is 1. The molecule has 0 radical (unpaired) electrons. The normalized spacial score (nSPS) is 10.4. The van der Waals surface area contributed by atoms with E-state index in [2.05, 4.69) is 27.9 Å². The summed E-state index contributed by atoms with van der Waals surface area (Å²) in [5.74, 6) is 2.50. The van der Waals surface area contributed by atoms with Crippen LogP contribution in [0.15, 0.2) is 60.7 Å². The Bertz CT molecular complexity index is 1020. The molecule has 3 aromatic carbocycles. The molecule has 0 fully saturated rings. The molecular weight excluding hydrogens is 493 g/mol. The fourth-order valence-electron chi connectivity index (χ4n) is 2.80. The van der Waals surface area contributed by atoms with Crippen LogP contribution in [0.5, 0.6) is 23.0 Å². The molecule has 30 heavy (non-hydrogen) atoms. The Morgan fingerprint density at radius 2 is 1.77 bits per heavy atom.